The number of hydrogen-bond acceptors (Lipinski definition) is 2. The van der Waals surface area contributed by atoms with Gasteiger partial charge in [-0.25, -0.2) is 0 Å². The number of carbonyl (C=O) groups excluding carboxylic acids is 1. The zero-order chi connectivity index (χ0) is 14.1. The van der Waals surface area contributed by atoms with E-state index < -0.39 is 18.0 Å². The minimum absolute atomic E-state index is 0.0896. The Morgan fingerprint density at radius 1 is 1.33 bits per heavy atom. The molecule has 0 bridgehead atoms. The summed E-state index contributed by atoms with van der Waals surface area (Å²) in [5, 5.41) is 0. The van der Waals surface area contributed by atoms with Crippen molar-refractivity contribution in [2.24, 2.45) is 11.7 Å². The van der Waals surface area contributed by atoms with Crippen molar-refractivity contribution in [3.8, 4) is 0 Å². The van der Waals surface area contributed by atoms with Crippen molar-refractivity contribution in [3.63, 3.8) is 0 Å². The van der Waals surface area contributed by atoms with E-state index >= 15 is 0 Å². The van der Waals surface area contributed by atoms with Crippen molar-refractivity contribution in [2.45, 2.75) is 37.9 Å². The van der Waals surface area contributed by atoms with Gasteiger partial charge in [-0.05, 0) is 25.7 Å². The summed E-state index contributed by atoms with van der Waals surface area (Å²) in [6, 6.07) is -0.347. The molecule has 8 heteroatoms. The van der Waals surface area contributed by atoms with Gasteiger partial charge in [0, 0.05) is 19.1 Å². The molecule has 1 fully saturated rings. The minimum Gasteiger partial charge on any atom is -0.337 e. The van der Waals surface area contributed by atoms with E-state index in [0.717, 1.165) is 0 Å². The van der Waals surface area contributed by atoms with Crippen molar-refractivity contribution in [3.05, 3.63) is 0 Å². The second kappa shape index (κ2) is 4.99. The van der Waals surface area contributed by atoms with Gasteiger partial charge >= 0.3 is 18.0 Å². The third-order valence-electron chi connectivity index (χ3n) is 3.11. The molecule has 0 aromatic carbocycles. The summed E-state index contributed by atoms with van der Waals surface area (Å²) >= 11 is 0. The number of carbonyl (C=O) groups is 1. The summed E-state index contributed by atoms with van der Waals surface area (Å²) in [5.41, 5.74) is 5.58. The number of rotatable bonds is 2. The molecule has 1 aliphatic rings. The predicted molar refractivity (Wildman–Crippen MR) is 54.0 cm³/mol. The van der Waals surface area contributed by atoms with Crippen LogP contribution in [0.5, 0.6) is 0 Å². The highest BCUT2D eigenvalue weighted by molar-refractivity contribution is 5.84. The fraction of sp³-hybridized carbons (Fsp3) is 0.900. The monoisotopic (exact) mass is 274 g/mol. The number of piperidine rings is 1. The summed E-state index contributed by atoms with van der Waals surface area (Å²) in [5.74, 6) is -7.75. The van der Waals surface area contributed by atoms with Gasteiger partial charge < -0.3 is 10.6 Å². The number of hydrogen-bond donors (Lipinski definition) is 1. The number of likely N-dealkylation sites (tertiary alicyclic amines) is 1. The topological polar surface area (TPSA) is 46.3 Å². The molecule has 1 amide bonds. The Morgan fingerprint density at radius 3 is 2.33 bits per heavy atom. The quantitative estimate of drug-likeness (QED) is 0.780. The molecule has 2 N–H and O–H groups in total. The van der Waals surface area contributed by atoms with E-state index in [-0.39, 0.29) is 25.0 Å². The van der Waals surface area contributed by atoms with E-state index in [0.29, 0.717) is 17.7 Å². The first-order chi connectivity index (χ1) is 8.07. The molecule has 1 aliphatic heterocycles. The maximum atomic E-state index is 12.9. The lowest BCUT2D eigenvalue weighted by Crippen LogP contribution is -2.55. The van der Waals surface area contributed by atoms with E-state index in [9.17, 15) is 26.7 Å². The number of nitrogens with zero attached hydrogens (tertiary/aromatic N) is 1. The molecule has 0 aromatic heterocycles. The zero-order valence-corrected chi connectivity index (χ0v) is 9.81. The third kappa shape index (κ3) is 2.90. The van der Waals surface area contributed by atoms with E-state index in [2.05, 4.69) is 0 Å². The highest BCUT2D eigenvalue weighted by atomic mass is 19.4. The number of alkyl halides is 5. The van der Waals surface area contributed by atoms with Crippen LogP contribution in [-0.4, -0.2) is 42.0 Å². The molecule has 0 saturated carbocycles. The molecule has 106 valence electrons. The average molecular weight is 274 g/mol. The van der Waals surface area contributed by atoms with Crippen molar-refractivity contribution < 1.29 is 26.7 Å². The van der Waals surface area contributed by atoms with Crippen molar-refractivity contribution in [2.75, 3.05) is 13.1 Å². The Labute approximate surface area is 101 Å². The molecule has 1 rings (SSSR count). The molecule has 1 saturated heterocycles. The van der Waals surface area contributed by atoms with Gasteiger partial charge in [-0.1, -0.05) is 0 Å². The minimum atomic E-state index is -5.86. The van der Waals surface area contributed by atoms with Crippen LogP contribution < -0.4 is 5.73 Å². The Morgan fingerprint density at radius 2 is 1.89 bits per heavy atom. The van der Waals surface area contributed by atoms with Crippen LogP contribution >= 0.6 is 0 Å². The van der Waals surface area contributed by atoms with Gasteiger partial charge in [0.15, 0.2) is 0 Å². The normalized spacial score (nSPS) is 23.9. The smallest absolute Gasteiger partial charge is 0.337 e. The highest BCUT2D eigenvalue weighted by Crippen LogP contribution is 2.37. The molecular weight excluding hydrogens is 259 g/mol. The van der Waals surface area contributed by atoms with Crippen molar-refractivity contribution in [1.82, 2.24) is 4.90 Å². The van der Waals surface area contributed by atoms with Crippen LogP contribution in [0.3, 0.4) is 0 Å². The first-order valence-corrected chi connectivity index (χ1v) is 5.57. The van der Waals surface area contributed by atoms with Gasteiger partial charge in [-0.15, -0.1) is 0 Å². The SMILES string of the molecule is CC(N)C1CCCN(C(=O)C(F)(F)C(F)(F)F)C1. The first kappa shape index (κ1) is 15.1. The van der Waals surface area contributed by atoms with Crippen molar-refractivity contribution >= 4 is 5.91 Å². The lowest BCUT2D eigenvalue weighted by atomic mass is 9.92. The fourth-order valence-electron chi connectivity index (χ4n) is 1.94. The van der Waals surface area contributed by atoms with Crippen LogP contribution in [0, 0.1) is 5.92 Å². The summed E-state index contributed by atoms with van der Waals surface area (Å²) in [4.78, 5) is 11.8. The maximum Gasteiger partial charge on any atom is 0.463 e. The molecule has 18 heavy (non-hydrogen) atoms. The average Bonchev–Trinajstić information content (AvgIpc) is 2.26. The molecule has 2 unspecified atom stereocenters. The van der Waals surface area contributed by atoms with Gasteiger partial charge in [-0.3, -0.25) is 4.79 Å². The largest absolute Gasteiger partial charge is 0.463 e. The molecule has 0 radical (unpaired) electrons. The fourth-order valence-corrected chi connectivity index (χ4v) is 1.94. The lowest BCUT2D eigenvalue weighted by Gasteiger charge is -2.36. The second-order valence-electron chi connectivity index (χ2n) is 4.58. The Kier molecular flexibility index (Phi) is 4.19. The van der Waals surface area contributed by atoms with Crippen molar-refractivity contribution in [1.29, 1.82) is 0 Å². The van der Waals surface area contributed by atoms with Crippen LogP contribution in [0.1, 0.15) is 19.8 Å². The highest BCUT2D eigenvalue weighted by Gasteiger charge is 2.64. The Bertz CT molecular complexity index is 316. The summed E-state index contributed by atoms with van der Waals surface area (Å²) in [7, 11) is 0. The number of amides is 1. The third-order valence-corrected chi connectivity index (χ3v) is 3.11. The van der Waals surface area contributed by atoms with Crippen LogP contribution in [-0.2, 0) is 4.79 Å². The maximum absolute atomic E-state index is 12.9. The number of nitrogens with two attached hydrogens (primary N) is 1. The second-order valence-corrected chi connectivity index (χ2v) is 4.58. The van der Waals surface area contributed by atoms with E-state index in [4.69, 9.17) is 5.73 Å². The summed E-state index contributed by atoms with van der Waals surface area (Å²) in [6.07, 6.45) is -4.85. The molecule has 0 spiro atoms. The van der Waals surface area contributed by atoms with Gasteiger partial charge in [0.05, 0.1) is 0 Å². The van der Waals surface area contributed by atoms with Crippen LogP contribution in [0.2, 0.25) is 0 Å². The van der Waals surface area contributed by atoms with Gasteiger partial charge in [0.25, 0.3) is 0 Å². The lowest BCUT2D eigenvalue weighted by molar-refractivity contribution is -0.275. The Balaban J connectivity index is 2.78. The Hall–Kier alpha value is -0.920. The molecular formula is C10H15F5N2O. The first-order valence-electron chi connectivity index (χ1n) is 5.57. The summed E-state index contributed by atoms with van der Waals surface area (Å²) in [6.45, 7) is 1.40. The molecule has 0 aliphatic carbocycles. The summed E-state index contributed by atoms with van der Waals surface area (Å²) < 4.78 is 62.0. The predicted octanol–water partition coefficient (Wildman–Crippen LogP) is 1.77. The van der Waals surface area contributed by atoms with E-state index in [1.807, 2.05) is 0 Å². The van der Waals surface area contributed by atoms with Crippen LogP contribution in [0.4, 0.5) is 22.0 Å². The standard InChI is InChI=1S/C10H15F5N2O/c1-6(16)7-3-2-4-17(5-7)8(18)9(11,12)10(13,14)15/h6-7H,2-5,16H2,1H3. The molecule has 0 aromatic rings. The molecule has 3 nitrogen and oxygen atoms in total. The molecule has 2 atom stereocenters. The van der Waals surface area contributed by atoms with Gasteiger partial charge in [0.2, 0.25) is 0 Å². The van der Waals surface area contributed by atoms with Crippen LogP contribution in [0.15, 0.2) is 0 Å². The van der Waals surface area contributed by atoms with Gasteiger partial charge in [0.1, 0.15) is 0 Å². The van der Waals surface area contributed by atoms with E-state index in [1.54, 1.807) is 6.92 Å². The van der Waals surface area contributed by atoms with Gasteiger partial charge in [-0.2, -0.15) is 22.0 Å². The van der Waals surface area contributed by atoms with Crippen LogP contribution in [0.25, 0.3) is 0 Å². The molecule has 1 heterocycles. The number of halogens is 5. The van der Waals surface area contributed by atoms with E-state index in [1.165, 1.54) is 0 Å². The zero-order valence-electron chi connectivity index (χ0n) is 9.81.